The van der Waals surface area contributed by atoms with Gasteiger partial charge in [-0.05, 0) is 48.5 Å². The molecule has 0 saturated heterocycles. The van der Waals surface area contributed by atoms with E-state index >= 15 is 0 Å². The predicted octanol–water partition coefficient (Wildman–Crippen LogP) is 4.65. The molecule has 28 heavy (non-hydrogen) atoms. The molecule has 0 saturated carbocycles. The van der Waals surface area contributed by atoms with E-state index in [0.717, 1.165) is 28.0 Å². The number of anilines is 3. The van der Waals surface area contributed by atoms with Crippen LogP contribution >= 0.6 is 0 Å². The molecule has 0 atom stereocenters. The van der Waals surface area contributed by atoms with E-state index in [1.54, 1.807) is 18.6 Å². The average Bonchev–Trinajstić information content (AvgIpc) is 2.74. The van der Waals surface area contributed by atoms with Crippen molar-refractivity contribution in [2.24, 2.45) is 0 Å². The van der Waals surface area contributed by atoms with Crippen molar-refractivity contribution in [1.82, 2.24) is 15.0 Å². The van der Waals surface area contributed by atoms with Crippen molar-refractivity contribution in [3.63, 3.8) is 0 Å². The van der Waals surface area contributed by atoms with E-state index in [1.807, 2.05) is 51.5 Å². The summed E-state index contributed by atoms with van der Waals surface area (Å²) >= 11 is 0. The largest absolute Gasteiger partial charge is 0.424 e. The van der Waals surface area contributed by atoms with Gasteiger partial charge in [0.05, 0.1) is 11.7 Å². The molecule has 6 nitrogen and oxygen atoms in total. The van der Waals surface area contributed by atoms with E-state index in [9.17, 15) is 0 Å². The molecule has 0 aliphatic carbocycles. The molecule has 0 N–H and O–H groups in total. The van der Waals surface area contributed by atoms with Crippen LogP contribution < -0.4 is 14.5 Å². The van der Waals surface area contributed by atoms with Crippen LogP contribution in [-0.2, 0) is 0 Å². The first kappa shape index (κ1) is 17.7. The lowest BCUT2D eigenvalue weighted by molar-refractivity contribution is 0.444. The Bertz CT molecular complexity index is 1100. The van der Waals surface area contributed by atoms with Gasteiger partial charge >= 0.3 is 6.01 Å². The average molecular weight is 371 g/mol. The van der Waals surface area contributed by atoms with Crippen molar-refractivity contribution in [2.45, 2.75) is 0 Å². The van der Waals surface area contributed by atoms with Crippen LogP contribution in [0, 0.1) is 0 Å². The molecule has 0 aliphatic heterocycles. The summed E-state index contributed by atoms with van der Waals surface area (Å²) in [6.45, 7) is 0. The molecular formula is C22H21N5O. The summed E-state index contributed by atoms with van der Waals surface area (Å²) in [4.78, 5) is 17.0. The highest BCUT2D eigenvalue weighted by molar-refractivity contribution is 5.76. The van der Waals surface area contributed by atoms with Crippen molar-refractivity contribution >= 4 is 28.0 Å². The van der Waals surface area contributed by atoms with Crippen molar-refractivity contribution in [1.29, 1.82) is 0 Å². The van der Waals surface area contributed by atoms with Gasteiger partial charge in [0.1, 0.15) is 5.75 Å². The third-order valence-corrected chi connectivity index (χ3v) is 4.53. The van der Waals surface area contributed by atoms with E-state index in [4.69, 9.17) is 4.74 Å². The summed E-state index contributed by atoms with van der Waals surface area (Å²) in [5.74, 6) is 0.683. The Morgan fingerprint density at radius 1 is 0.821 bits per heavy atom. The normalized spacial score (nSPS) is 10.7. The smallest absolute Gasteiger partial charge is 0.322 e. The maximum atomic E-state index is 5.80. The molecule has 2 aromatic carbocycles. The van der Waals surface area contributed by atoms with Crippen LogP contribution in [-0.4, -0.2) is 36.1 Å². The monoisotopic (exact) mass is 371 g/mol. The van der Waals surface area contributed by atoms with E-state index < -0.39 is 0 Å². The predicted molar refractivity (Wildman–Crippen MR) is 113 cm³/mol. The fourth-order valence-electron chi connectivity index (χ4n) is 2.88. The van der Waals surface area contributed by atoms with E-state index in [2.05, 4.69) is 49.0 Å². The zero-order valence-corrected chi connectivity index (χ0v) is 16.1. The number of rotatable bonds is 5. The van der Waals surface area contributed by atoms with Gasteiger partial charge in [-0.3, -0.25) is 4.98 Å². The fourth-order valence-corrected chi connectivity index (χ4v) is 2.88. The van der Waals surface area contributed by atoms with Gasteiger partial charge in [0.25, 0.3) is 0 Å². The van der Waals surface area contributed by atoms with Crippen LogP contribution in [0.5, 0.6) is 11.8 Å². The Labute approximate surface area is 164 Å². The fraction of sp³-hybridized carbons (Fsp3) is 0.136. The number of benzene rings is 2. The van der Waals surface area contributed by atoms with Crippen LogP contribution in [0.25, 0.3) is 10.9 Å². The molecule has 4 aromatic rings. The second-order valence-electron chi connectivity index (χ2n) is 6.66. The van der Waals surface area contributed by atoms with Gasteiger partial charge in [0, 0.05) is 56.0 Å². The maximum Gasteiger partial charge on any atom is 0.322 e. The highest BCUT2D eigenvalue weighted by Gasteiger charge is 2.07. The molecular weight excluding hydrogens is 350 g/mol. The highest BCUT2D eigenvalue weighted by atomic mass is 16.5. The van der Waals surface area contributed by atoms with Gasteiger partial charge in [0.15, 0.2) is 0 Å². The molecule has 2 aromatic heterocycles. The van der Waals surface area contributed by atoms with Crippen LogP contribution in [0.2, 0.25) is 0 Å². The summed E-state index contributed by atoms with van der Waals surface area (Å²) in [7, 11) is 6.12. The lowest BCUT2D eigenvalue weighted by Gasteiger charge is -2.22. The number of aromatic nitrogens is 3. The minimum atomic E-state index is 0.306. The zero-order valence-electron chi connectivity index (χ0n) is 16.1. The third kappa shape index (κ3) is 3.71. The molecule has 2 heterocycles. The number of ether oxygens (including phenoxy) is 1. The molecule has 140 valence electrons. The number of nitrogens with zero attached hydrogens (tertiary/aromatic N) is 5. The summed E-state index contributed by atoms with van der Waals surface area (Å²) < 4.78 is 5.80. The Balaban J connectivity index is 1.52. The highest BCUT2D eigenvalue weighted by Crippen LogP contribution is 2.29. The molecule has 0 amide bonds. The Hall–Kier alpha value is -3.67. The maximum absolute atomic E-state index is 5.80. The van der Waals surface area contributed by atoms with Crippen LogP contribution in [0.4, 0.5) is 17.1 Å². The van der Waals surface area contributed by atoms with Crippen molar-refractivity contribution in [3.05, 3.63) is 73.2 Å². The Kier molecular flexibility index (Phi) is 4.76. The molecule has 4 rings (SSSR count). The van der Waals surface area contributed by atoms with E-state index in [-0.39, 0.29) is 0 Å². The van der Waals surface area contributed by atoms with Crippen molar-refractivity contribution in [3.8, 4) is 11.8 Å². The van der Waals surface area contributed by atoms with Crippen LogP contribution in [0.15, 0.2) is 73.2 Å². The SMILES string of the molecule is CN(C)c1cccc(N(C)c2ccc(Oc3ncc4ccncc4n3)cc2)c1. The number of pyridine rings is 1. The number of hydrogen-bond donors (Lipinski definition) is 0. The van der Waals surface area contributed by atoms with Gasteiger partial charge in [0.2, 0.25) is 0 Å². The van der Waals surface area contributed by atoms with Gasteiger partial charge < -0.3 is 14.5 Å². The molecule has 0 radical (unpaired) electrons. The lowest BCUT2D eigenvalue weighted by atomic mass is 10.2. The Morgan fingerprint density at radius 2 is 1.61 bits per heavy atom. The second-order valence-corrected chi connectivity index (χ2v) is 6.66. The zero-order chi connectivity index (χ0) is 19.5. The summed E-state index contributed by atoms with van der Waals surface area (Å²) in [6.07, 6.45) is 5.15. The quantitative estimate of drug-likeness (QED) is 0.509. The number of fused-ring (bicyclic) bond motifs is 1. The number of hydrogen-bond acceptors (Lipinski definition) is 6. The molecule has 0 fully saturated rings. The molecule has 0 bridgehead atoms. The minimum absolute atomic E-state index is 0.306. The van der Waals surface area contributed by atoms with Gasteiger partial charge in [-0.1, -0.05) is 6.07 Å². The minimum Gasteiger partial charge on any atom is -0.424 e. The van der Waals surface area contributed by atoms with Gasteiger partial charge in [-0.25, -0.2) is 4.98 Å². The van der Waals surface area contributed by atoms with E-state index in [0.29, 0.717) is 11.8 Å². The second kappa shape index (κ2) is 7.52. The first-order valence-electron chi connectivity index (χ1n) is 8.96. The molecule has 0 unspecified atom stereocenters. The molecule has 0 aliphatic rings. The van der Waals surface area contributed by atoms with Gasteiger partial charge in [-0.15, -0.1) is 0 Å². The summed E-state index contributed by atoms with van der Waals surface area (Å²) in [6, 6.07) is 18.4. The summed E-state index contributed by atoms with van der Waals surface area (Å²) in [5, 5.41) is 0.930. The topological polar surface area (TPSA) is 54.4 Å². The lowest BCUT2D eigenvalue weighted by Crippen LogP contribution is -2.12. The van der Waals surface area contributed by atoms with Gasteiger partial charge in [-0.2, -0.15) is 4.98 Å². The standard InChI is InChI=1S/C22H21N5O/c1-26(2)18-5-4-6-19(13-18)27(3)17-7-9-20(10-8-17)28-22-24-14-16-11-12-23-15-21(16)25-22/h4-15H,1-3H3. The molecule has 0 spiro atoms. The molecule has 6 heteroatoms. The van der Waals surface area contributed by atoms with Crippen LogP contribution in [0.3, 0.4) is 0 Å². The summed E-state index contributed by atoms with van der Waals surface area (Å²) in [5.41, 5.74) is 4.09. The van der Waals surface area contributed by atoms with E-state index in [1.165, 1.54) is 0 Å². The first-order chi connectivity index (χ1) is 13.6. The van der Waals surface area contributed by atoms with Crippen molar-refractivity contribution < 1.29 is 4.74 Å². The first-order valence-corrected chi connectivity index (χ1v) is 8.96. The third-order valence-electron chi connectivity index (χ3n) is 4.53. The Morgan fingerprint density at radius 3 is 2.39 bits per heavy atom. The van der Waals surface area contributed by atoms with Crippen LogP contribution in [0.1, 0.15) is 0 Å². The van der Waals surface area contributed by atoms with Crippen molar-refractivity contribution in [2.75, 3.05) is 30.9 Å².